The van der Waals surface area contributed by atoms with Gasteiger partial charge in [0.25, 0.3) is 0 Å². The molecule has 8 heteroatoms. The molecule has 29 heavy (non-hydrogen) atoms. The lowest BCUT2D eigenvalue weighted by Gasteiger charge is -2.23. The van der Waals surface area contributed by atoms with Crippen molar-refractivity contribution in [3.05, 3.63) is 53.8 Å². The Morgan fingerprint density at radius 1 is 1.14 bits per heavy atom. The van der Waals surface area contributed by atoms with Crippen molar-refractivity contribution < 1.29 is 9.21 Å². The minimum absolute atomic E-state index is 0.0567. The zero-order valence-corrected chi connectivity index (χ0v) is 17.9. The normalized spacial score (nSPS) is 12.5. The summed E-state index contributed by atoms with van der Waals surface area (Å²) in [6, 6.07) is 11.9. The highest BCUT2D eigenvalue weighted by molar-refractivity contribution is 7.99. The summed E-state index contributed by atoms with van der Waals surface area (Å²) in [5.74, 6) is 7.84. The number of thioether (sulfide) groups is 1. The van der Waals surface area contributed by atoms with Crippen LogP contribution in [0.25, 0.3) is 11.6 Å². The third kappa shape index (κ3) is 5.00. The molecule has 1 aromatic carbocycles. The van der Waals surface area contributed by atoms with E-state index in [9.17, 15) is 4.79 Å². The highest BCUT2D eigenvalue weighted by Crippen LogP contribution is 2.25. The summed E-state index contributed by atoms with van der Waals surface area (Å²) in [7, 11) is 0. The van der Waals surface area contributed by atoms with Gasteiger partial charge < -0.3 is 15.6 Å². The molecule has 3 N–H and O–H groups in total. The number of hydrogen-bond acceptors (Lipinski definition) is 6. The Kier molecular flexibility index (Phi) is 6.64. The van der Waals surface area contributed by atoms with Crippen LogP contribution in [0.4, 0.5) is 0 Å². The van der Waals surface area contributed by atoms with E-state index in [2.05, 4.69) is 67.5 Å². The van der Waals surface area contributed by atoms with E-state index < -0.39 is 0 Å². The van der Waals surface area contributed by atoms with E-state index in [0.717, 1.165) is 5.56 Å². The van der Waals surface area contributed by atoms with Crippen LogP contribution in [0.5, 0.6) is 0 Å². The molecule has 7 nitrogen and oxygen atoms in total. The van der Waals surface area contributed by atoms with Crippen LogP contribution >= 0.6 is 11.8 Å². The third-order valence-electron chi connectivity index (χ3n) is 4.68. The Labute approximate surface area is 175 Å². The van der Waals surface area contributed by atoms with Crippen LogP contribution in [0, 0.1) is 5.92 Å². The second-order valence-electron chi connectivity index (χ2n) is 7.55. The van der Waals surface area contributed by atoms with E-state index in [-0.39, 0.29) is 23.6 Å². The standard InChI is InChI=1S/C21H27N5O2S/c1-13(2)15-7-9-16(10-8-15)19(14(3)4)23-18(27)12-29-21-25-24-20(26(21)22)17-6-5-11-28-17/h5-11,13-14,19H,12,22H2,1-4H3,(H,23,27)/t19-/m1/s1. The predicted molar refractivity (Wildman–Crippen MR) is 115 cm³/mol. The summed E-state index contributed by atoms with van der Waals surface area (Å²) >= 11 is 1.24. The van der Waals surface area contributed by atoms with E-state index in [1.807, 2.05) is 0 Å². The molecule has 0 aliphatic rings. The first-order valence-corrected chi connectivity index (χ1v) is 10.6. The molecule has 0 saturated carbocycles. The molecule has 0 aliphatic carbocycles. The molecule has 0 radical (unpaired) electrons. The zero-order chi connectivity index (χ0) is 21.0. The summed E-state index contributed by atoms with van der Waals surface area (Å²) in [5, 5.41) is 11.7. The van der Waals surface area contributed by atoms with Crippen molar-refractivity contribution in [3.63, 3.8) is 0 Å². The Morgan fingerprint density at radius 2 is 1.83 bits per heavy atom. The number of amides is 1. The number of benzene rings is 1. The molecular weight excluding hydrogens is 386 g/mol. The minimum atomic E-state index is -0.0795. The molecule has 154 valence electrons. The highest BCUT2D eigenvalue weighted by Gasteiger charge is 2.20. The molecular formula is C21H27N5O2S. The number of nitrogens with zero attached hydrogens (tertiary/aromatic N) is 3. The van der Waals surface area contributed by atoms with Gasteiger partial charge in [-0.3, -0.25) is 4.79 Å². The first-order valence-electron chi connectivity index (χ1n) is 9.63. The van der Waals surface area contributed by atoms with Crippen LogP contribution in [-0.4, -0.2) is 26.5 Å². The lowest BCUT2D eigenvalue weighted by molar-refractivity contribution is -0.119. The fraction of sp³-hybridized carbons (Fsp3) is 0.381. The lowest BCUT2D eigenvalue weighted by Crippen LogP contribution is -2.33. The Hall–Kier alpha value is -2.74. The van der Waals surface area contributed by atoms with E-state index in [0.29, 0.717) is 22.7 Å². The number of nitrogens with two attached hydrogens (primary N) is 1. The number of carbonyl (C=O) groups excluding carboxylic acids is 1. The molecule has 1 atom stereocenters. The number of nitrogens with one attached hydrogen (secondary N) is 1. The van der Waals surface area contributed by atoms with Crippen molar-refractivity contribution in [2.45, 2.75) is 44.8 Å². The van der Waals surface area contributed by atoms with Crippen molar-refractivity contribution in [1.82, 2.24) is 20.2 Å². The van der Waals surface area contributed by atoms with Crippen LogP contribution < -0.4 is 11.2 Å². The summed E-state index contributed by atoms with van der Waals surface area (Å²) < 4.78 is 6.63. The summed E-state index contributed by atoms with van der Waals surface area (Å²) in [6.45, 7) is 8.53. The number of furan rings is 1. The van der Waals surface area contributed by atoms with Crippen molar-refractivity contribution in [3.8, 4) is 11.6 Å². The van der Waals surface area contributed by atoms with Gasteiger partial charge in [0.05, 0.1) is 18.1 Å². The van der Waals surface area contributed by atoms with E-state index in [1.165, 1.54) is 22.0 Å². The van der Waals surface area contributed by atoms with Gasteiger partial charge in [-0.05, 0) is 35.1 Å². The molecule has 1 amide bonds. The smallest absolute Gasteiger partial charge is 0.230 e. The first-order chi connectivity index (χ1) is 13.9. The summed E-state index contributed by atoms with van der Waals surface area (Å²) in [5.41, 5.74) is 2.39. The van der Waals surface area contributed by atoms with Gasteiger partial charge in [0.2, 0.25) is 16.9 Å². The van der Waals surface area contributed by atoms with Crippen molar-refractivity contribution in [2.24, 2.45) is 5.92 Å². The van der Waals surface area contributed by atoms with E-state index in [4.69, 9.17) is 10.3 Å². The number of aromatic nitrogens is 3. The fourth-order valence-electron chi connectivity index (χ4n) is 3.02. The van der Waals surface area contributed by atoms with Crippen LogP contribution in [0.1, 0.15) is 50.8 Å². The summed E-state index contributed by atoms with van der Waals surface area (Å²) in [6.07, 6.45) is 1.55. The quantitative estimate of drug-likeness (QED) is 0.428. The third-order valence-corrected chi connectivity index (χ3v) is 5.63. The van der Waals surface area contributed by atoms with Crippen LogP contribution in [-0.2, 0) is 4.79 Å². The van der Waals surface area contributed by atoms with Gasteiger partial charge in [-0.15, -0.1) is 10.2 Å². The number of rotatable bonds is 8. The number of carbonyl (C=O) groups is 1. The van der Waals surface area contributed by atoms with Gasteiger partial charge in [0, 0.05) is 0 Å². The molecule has 0 spiro atoms. The molecule has 3 aromatic rings. The second kappa shape index (κ2) is 9.17. The van der Waals surface area contributed by atoms with Crippen LogP contribution in [0.2, 0.25) is 0 Å². The van der Waals surface area contributed by atoms with Gasteiger partial charge in [-0.1, -0.05) is 63.7 Å². The Morgan fingerprint density at radius 3 is 2.41 bits per heavy atom. The zero-order valence-electron chi connectivity index (χ0n) is 17.1. The maximum atomic E-state index is 12.6. The van der Waals surface area contributed by atoms with Crippen LogP contribution in [0.3, 0.4) is 0 Å². The van der Waals surface area contributed by atoms with Gasteiger partial charge in [-0.25, -0.2) is 4.68 Å². The van der Waals surface area contributed by atoms with Crippen molar-refractivity contribution in [2.75, 3.05) is 11.6 Å². The van der Waals surface area contributed by atoms with Gasteiger partial charge >= 0.3 is 0 Å². The van der Waals surface area contributed by atoms with Crippen LogP contribution in [0.15, 0.2) is 52.2 Å². The average molecular weight is 414 g/mol. The second-order valence-corrected chi connectivity index (χ2v) is 8.50. The maximum Gasteiger partial charge on any atom is 0.230 e. The molecule has 0 bridgehead atoms. The number of hydrogen-bond donors (Lipinski definition) is 2. The van der Waals surface area contributed by atoms with Crippen molar-refractivity contribution >= 4 is 17.7 Å². The topological polar surface area (TPSA) is 99.0 Å². The van der Waals surface area contributed by atoms with E-state index >= 15 is 0 Å². The van der Waals surface area contributed by atoms with E-state index in [1.54, 1.807) is 18.4 Å². The molecule has 0 fully saturated rings. The SMILES string of the molecule is CC(C)c1ccc([C@H](NC(=O)CSc2nnc(-c3ccco3)n2N)C(C)C)cc1. The number of nitrogen functional groups attached to an aromatic ring is 1. The van der Waals surface area contributed by atoms with Crippen molar-refractivity contribution in [1.29, 1.82) is 0 Å². The van der Waals surface area contributed by atoms with Gasteiger partial charge in [-0.2, -0.15) is 0 Å². The molecule has 0 saturated heterocycles. The largest absolute Gasteiger partial charge is 0.461 e. The molecule has 2 aromatic heterocycles. The molecule has 0 aliphatic heterocycles. The Bertz CT molecular complexity index is 933. The van der Waals surface area contributed by atoms with Gasteiger partial charge in [0.1, 0.15) is 0 Å². The molecule has 0 unspecified atom stereocenters. The maximum absolute atomic E-state index is 12.6. The highest BCUT2D eigenvalue weighted by atomic mass is 32.2. The monoisotopic (exact) mass is 413 g/mol. The fourth-order valence-corrected chi connectivity index (χ4v) is 3.69. The Balaban J connectivity index is 1.63. The lowest BCUT2D eigenvalue weighted by atomic mass is 9.93. The van der Waals surface area contributed by atoms with Gasteiger partial charge in [0.15, 0.2) is 5.76 Å². The molecule has 2 heterocycles. The minimum Gasteiger partial charge on any atom is -0.461 e. The summed E-state index contributed by atoms with van der Waals surface area (Å²) in [4.78, 5) is 12.6. The average Bonchev–Trinajstić information content (AvgIpc) is 3.34. The molecule has 3 rings (SSSR count). The first kappa shape index (κ1) is 21.0. The predicted octanol–water partition coefficient (Wildman–Crippen LogP) is 3.98.